The number of hydrogen-bond acceptors (Lipinski definition) is 0. The molecule has 5 heavy (non-hydrogen) atoms. The smallest absolute Gasteiger partial charge is 0.134 e. The SMILES string of the molecule is CC1C[NH+]1C. The molecule has 1 rings (SSSR count). The van der Waals surface area contributed by atoms with Gasteiger partial charge < -0.3 is 4.90 Å². The van der Waals surface area contributed by atoms with E-state index in [-0.39, 0.29) is 0 Å². The lowest BCUT2D eigenvalue weighted by atomic mass is 10.6. The van der Waals surface area contributed by atoms with Gasteiger partial charge in [-0.05, 0) is 6.92 Å². The average molecular weight is 72.1 g/mol. The van der Waals surface area contributed by atoms with Crippen molar-refractivity contribution < 1.29 is 4.90 Å². The van der Waals surface area contributed by atoms with Gasteiger partial charge in [0.2, 0.25) is 0 Å². The summed E-state index contributed by atoms with van der Waals surface area (Å²) in [4.78, 5) is 1.67. The van der Waals surface area contributed by atoms with Crippen molar-refractivity contribution in [3.63, 3.8) is 0 Å². The highest BCUT2D eigenvalue weighted by Gasteiger charge is 2.29. The Morgan fingerprint density at radius 3 is 2.00 bits per heavy atom. The summed E-state index contributed by atoms with van der Waals surface area (Å²) in [5, 5.41) is 0. The Morgan fingerprint density at radius 1 is 1.80 bits per heavy atom. The number of nitrogens with one attached hydrogen (secondary N) is 1. The van der Waals surface area contributed by atoms with Gasteiger partial charge in [0.1, 0.15) is 12.6 Å². The van der Waals surface area contributed by atoms with Gasteiger partial charge in [0.15, 0.2) is 0 Å². The van der Waals surface area contributed by atoms with Gasteiger partial charge in [-0.2, -0.15) is 0 Å². The van der Waals surface area contributed by atoms with Gasteiger partial charge in [-0.25, -0.2) is 0 Å². The predicted octanol–water partition coefficient (Wildman–Crippen LogP) is -1.10. The van der Waals surface area contributed by atoms with Crippen molar-refractivity contribution in [2.75, 3.05) is 13.6 Å². The predicted molar refractivity (Wildman–Crippen MR) is 21.2 cm³/mol. The van der Waals surface area contributed by atoms with Crippen molar-refractivity contribution in [2.24, 2.45) is 0 Å². The van der Waals surface area contributed by atoms with Gasteiger partial charge in [-0.15, -0.1) is 0 Å². The van der Waals surface area contributed by atoms with Gasteiger partial charge >= 0.3 is 0 Å². The Morgan fingerprint density at radius 2 is 2.00 bits per heavy atom. The minimum atomic E-state index is 0.968. The van der Waals surface area contributed by atoms with Crippen molar-refractivity contribution in [2.45, 2.75) is 13.0 Å². The molecule has 1 N–H and O–H groups in total. The van der Waals surface area contributed by atoms with Crippen LogP contribution in [0.2, 0.25) is 0 Å². The zero-order chi connectivity index (χ0) is 3.86. The molecular formula is C4H10N+. The number of rotatable bonds is 0. The molecule has 1 aliphatic rings. The third-order valence-corrected chi connectivity index (χ3v) is 1.31. The van der Waals surface area contributed by atoms with Crippen LogP contribution in [0.25, 0.3) is 0 Å². The van der Waals surface area contributed by atoms with E-state index in [1.165, 1.54) is 6.54 Å². The zero-order valence-electron chi connectivity index (χ0n) is 3.78. The van der Waals surface area contributed by atoms with Crippen molar-refractivity contribution in [3.05, 3.63) is 0 Å². The molecule has 2 atom stereocenters. The minimum Gasteiger partial charge on any atom is -0.326 e. The van der Waals surface area contributed by atoms with Gasteiger partial charge in [0.05, 0.1) is 7.05 Å². The van der Waals surface area contributed by atoms with E-state index in [1.54, 1.807) is 4.90 Å². The van der Waals surface area contributed by atoms with Gasteiger partial charge in [-0.1, -0.05) is 0 Å². The third-order valence-electron chi connectivity index (χ3n) is 1.31. The quantitative estimate of drug-likeness (QED) is 0.347. The molecule has 0 amide bonds. The van der Waals surface area contributed by atoms with Crippen molar-refractivity contribution >= 4 is 0 Å². The van der Waals surface area contributed by atoms with Crippen LogP contribution >= 0.6 is 0 Å². The van der Waals surface area contributed by atoms with Crippen molar-refractivity contribution in [3.8, 4) is 0 Å². The molecule has 1 heterocycles. The second kappa shape index (κ2) is 0.716. The van der Waals surface area contributed by atoms with E-state index >= 15 is 0 Å². The van der Waals surface area contributed by atoms with E-state index in [9.17, 15) is 0 Å². The van der Waals surface area contributed by atoms with Crippen LogP contribution in [0.1, 0.15) is 6.92 Å². The first-order valence-corrected chi connectivity index (χ1v) is 2.13. The molecule has 0 spiro atoms. The van der Waals surface area contributed by atoms with E-state index in [0.29, 0.717) is 0 Å². The molecule has 1 fully saturated rings. The standard InChI is InChI=1S/C4H9N/c1-4-3-5(4)2/h4H,3H2,1-2H3/p+1. The summed E-state index contributed by atoms with van der Waals surface area (Å²) in [7, 11) is 2.21. The van der Waals surface area contributed by atoms with Crippen LogP contribution in [-0.2, 0) is 0 Å². The van der Waals surface area contributed by atoms with E-state index in [4.69, 9.17) is 0 Å². The van der Waals surface area contributed by atoms with E-state index in [2.05, 4.69) is 14.0 Å². The van der Waals surface area contributed by atoms with Gasteiger partial charge in [-0.3, -0.25) is 0 Å². The summed E-state index contributed by atoms with van der Waals surface area (Å²) in [6.45, 7) is 3.65. The lowest BCUT2D eigenvalue weighted by molar-refractivity contribution is -0.748. The molecule has 0 saturated carbocycles. The molecule has 0 radical (unpaired) electrons. The molecule has 0 bridgehead atoms. The molecule has 0 aromatic carbocycles. The topological polar surface area (TPSA) is 4.44 Å². The Kier molecular flexibility index (Phi) is 0.453. The highest BCUT2D eigenvalue weighted by atomic mass is 15.3. The Labute approximate surface area is 32.6 Å². The van der Waals surface area contributed by atoms with E-state index in [0.717, 1.165) is 6.04 Å². The second-order valence-corrected chi connectivity index (χ2v) is 1.95. The van der Waals surface area contributed by atoms with Crippen LogP contribution in [0.15, 0.2) is 0 Å². The molecule has 1 saturated heterocycles. The fourth-order valence-electron chi connectivity index (χ4n) is 0.424. The number of hydrogen-bond donors (Lipinski definition) is 1. The Balaban J connectivity index is 2.20. The highest BCUT2D eigenvalue weighted by molar-refractivity contribution is 4.52. The fraction of sp³-hybridized carbons (Fsp3) is 1.00. The Bertz CT molecular complexity index is 36.9. The van der Waals surface area contributed by atoms with Crippen LogP contribution < -0.4 is 4.90 Å². The maximum atomic E-state index is 2.26. The van der Waals surface area contributed by atoms with E-state index in [1.807, 2.05) is 0 Å². The first-order valence-electron chi connectivity index (χ1n) is 2.13. The monoisotopic (exact) mass is 72.1 g/mol. The van der Waals surface area contributed by atoms with Crippen LogP contribution in [0, 0.1) is 0 Å². The first kappa shape index (κ1) is 3.16. The van der Waals surface area contributed by atoms with Gasteiger partial charge in [0, 0.05) is 0 Å². The summed E-state index contributed by atoms with van der Waals surface area (Å²) in [5.74, 6) is 0. The van der Waals surface area contributed by atoms with Crippen LogP contribution in [0.5, 0.6) is 0 Å². The maximum absolute atomic E-state index is 2.26. The molecule has 2 unspecified atom stereocenters. The molecule has 0 aromatic heterocycles. The first-order chi connectivity index (χ1) is 2.30. The average Bonchev–Trinajstić information content (AvgIpc) is 1.79. The molecule has 1 aliphatic heterocycles. The van der Waals surface area contributed by atoms with E-state index < -0.39 is 0 Å². The third kappa shape index (κ3) is 0.428. The number of quaternary nitrogens is 1. The molecule has 1 nitrogen and oxygen atoms in total. The lowest BCUT2D eigenvalue weighted by Crippen LogP contribution is -2.89. The summed E-state index contributed by atoms with van der Waals surface area (Å²) in [6.07, 6.45) is 0. The van der Waals surface area contributed by atoms with Crippen molar-refractivity contribution in [1.82, 2.24) is 0 Å². The summed E-state index contributed by atoms with van der Waals surface area (Å²) < 4.78 is 0. The summed E-state index contributed by atoms with van der Waals surface area (Å²) in [6, 6.07) is 0.968. The molecular weight excluding hydrogens is 62.1 g/mol. The van der Waals surface area contributed by atoms with Crippen LogP contribution in [0.4, 0.5) is 0 Å². The molecule has 30 valence electrons. The zero-order valence-corrected chi connectivity index (χ0v) is 3.78. The summed E-state index contributed by atoms with van der Waals surface area (Å²) >= 11 is 0. The minimum absolute atomic E-state index is 0.968. The molecule has 0 aliphatic carbocycles. The van der Waals surface area contributed by atoms with Gasteiger partial charge in [0.25, 0.3) is 0 Å². The Hall–Kier alpha value is -0.0400. The second-order valence-electron chi connectivity index (χ2n) is 1.95. The largest absolute Gasteiger partial charge is 0.326 e. The lowest BCUT2D eigenvalue weighted by Gasteiger charge is -1.72. The fourth-order valence-corrected chi connectivity index (χ4v) is 0.424. The number of likely N-dealkylation sites (N-methyl/N-ethyl adjacent to an activating group) is 1. The van der Waals surface area contributed by atoms with Crippen LogP contribution in [-0.4, -0.2) is 19.6 Å². The molecule has 0 aromatic rings. The van der Waals surface area contributed by atoms with Crippen molar-refractivity contribution in [1.29, 1.82) is 0 Å². The maximum Gasteiger partial charge on any atom is 0.134 e. The van der Waals surface area contributed by atoms with Crippen LogP contribution in [0.3, 0.4) is 0 Å². The highest BCUT2D eigenvalue weighted by Crippen LogP contribution is 1.77. The molecule has 1 heteroatoms. The normalized spacial score (nSPS) is 49.2. The summed E-state index contributed by atoms with van der Waals surface area (Å²) in [5.41, 5.74) is 0.